The minimum atomic E-state index is -0.580. The SMILES string of the molecule is COC(=O)[C@@H](C)[C@H]1CC[C@](C)(CC/C=C(\C)CCC2(C)C(C)CCCC2(C)O)OO1. The van der Waals surface area contributed by atoms with Crippen LogP contribution in [0, 0.1) is 17.3 Å². The summed E-state index contributed by atoms with van der Waals surface area (Å²) in [4.78, 5) is 23.0. The molecule has 0 radical (unpaired) electrons. The number of ether oxygens (including phenoxy) is 1. The third kappa shape index (κ3) is 5.86. The molecule has 5 heteroatoms. The van der Waals surface area contributed by atoms with Gasteiger partial charge in [-0.25, -0.2) is 9.78 Å². The van der Waals surface area contributed by atoms with Crippen LogP contribution in [0.4, 0.5) is 0 Å². The number of allylic oxidation sites excluding steroid dienone is 2. The summed E-state index contributed by atoms with van der Waals surface area (Å²) in [5.74, 6) is -0.0331. The Balaban J connectivity index is 1.80. The predicted molar refractivity (Wildman–Crippen MR) is 119 cm³/mol. The number of rotatable bonds is 8. The summed E-state index contributed by atoms with van der Waals surface area (Å²) in [5.41, 5.74) is 0.445. The quantitative estimate of drug-likeness (QED) is 0.305. The fourth-order valence-electron chi connectivity index (χ4n) is 5.14. The van der Waals surface area contributed by atoms with Crippen molar-refractivity contribution in [2.24, 2.45) is 17.3 Å². The van der Waals surface area contributed by atoms with Crippen molar-refractivity contribution < 1.29 is 24.4 Å². The minimum absolute atomic E-state index is 0.0298. The third-order valence-electron chi connectivity index (χ3n) is 8.28. The van der Waals surface area contributed by atoms with Crippen molar-refractivity contribution in [3.05, 3.63) is 11.6 Å². The monoisotopic (exact) mass is 424 g/mol. The number of esters is 1. The van der Waals surface area contributed by atoms with Crippen molar-refractivity contribution in [1.82, 2.24) is 0 Å². The zero-order valence-corrected chi connectivity index (χ0v) is 20.3. The summed E-state index contributed by atoms with van der Waals surface area (Å²) in [7, 11) is 1.40. The van der Waals surface area contributed by atoms with Gasteiger partial charge in [0.2, 0.25) is 0 Å². The summed E-state index contributed by atoms with van der Waals surface area (Å²) in [6, 6.07) is 0. The lowest BCUT2D eigenvalue weighted by Crippen LogP contribution is -2.50. The van der Waals surface area contributed by atoms with Gasteiger partial charge in [-0.1, -0.05) is 31.9 Å². The lowest BCUT2D eigenvalue weighted by molar-refractivity contribution is -0.411. The van der Waals surface area contributed by atoms with E-state index in [4.69, 9.17) is 14.5 Å². The molecule has 2 fully saturated rings. The van der Waals surface area contributed by atoms with Crippen LogP contribution in [0.15, 0.2) is 11.6 Å². The van der Waals surface area contributed by atoms with Crippen LogP contribution in [-0.2, 0) is 19.3 Å². The molecule has 30 heavy (non-hydrogen) atoms. The van der Waals surface area contributed by atoms with E-state index in [1.165, 1.54) is 19.1 Å². The topological polar surface area (TPSA) is 65.0 Å². The van der Waals surface area contributed by atoms with Crippen LogP contribution in [0.3, 0.4) is 0 Å². The number of carbonyl (C=O) groups is 1. The van der Waals surface area contributed by atoms with Gasteiger partial charge in [-0.3, -0.25) is 4.79 Å². The number of hydrogen-bond donors (Lipinski definition) is 1. The first kappa shape index (κ1) is 25.4. The molecule has 0 aromatic heterocycles. The Labute approximate surface area is 183 Å². The van der Waals surface area contributed by atoms with E-state index in [9.17, 15) is 9.90 Å². The van der Waals surface area contributed by atoms with Gasteiger partial charge in [0.15, 0.2) is 0 Å². The largest absolute Gasteiger partial charge is 0.469 e. The van der Waals surface area contributed by atoms with Crippen LogP contribution in [0.5, 0.6) is 0 Å². The maximum atomic E-state index is 11.7. The van der Waals surface area contributed by atoms with E-state index in [0.717, 1.165) is 51.4 Å². The highest BCUT2D eigenvalue weighted by Crippen LogP contribution is 2.51. The van der Waals surface area contributed by atoms with Gasteiger partial charge >= 0.3 is 5.97 Å². The van der Waals surface area contributed by atoms with Crippen LogP contribution < -0.4 is 0 Å². The maximum absolute atomic E-state index is 11.7. The second-order valence-corrected chi connectivity index (χ2v) is 10.6. The molecule has 3 unspecified atom stereocenters. The highest BCUT2D eigenvalue weighted by atomic mass is 17.2. The van der Waals surface area contributed by atoms with E-state index < -0.39 is 5.60 Å². The zero-order valence-electron chi connectivity index (χ0n) is 20.3. The van der Waals surface area contributed by atoms with Crippen LogP contribution in [-0.4, -0.2) is 35.5 Å². The molecule has 6 atom stereocenters. The van der Waals surface area contributed by atoms with Gasteiger partial charge in [-0.15, -0.1) is 0 Å². The minimum Gasteiger partial charge on any atom is -0.469 e. The molecule has 1 aliphatic carbocycles. The first-order chi connectivity index (χ1) is 13.9. The maximum Gasteiger partial charge on any atom is 0.311 e. The van der Waals surface area contributed by atoms with Gasteiger partial charge in [-0.2, -0.15) is 0 Å². The number of hydrogen-bond acceptors (Lipinski definition) is 5. The van der Waals surface area contributed by atoms with E-state index in [2.05, 4.69) is 33.8 Å². The van der Waals surface area contributed by atoms with Crippen LogP contribution in [0.1, 0.15) is 99.3 Å². The van der Waals surface area contributed by atoms with E-state index in [1.54, 1.807) is 0 Å². The van der Waals surface area contributed by atoms with Crippen molar-refractivity contribution in [1.29, 1.82) is 0 Å². The third-order valence-corrected chi connectivity index (χ3v) is 8.28. The molecule has 0 aromatic rings. The van der Waals surface area contributed by atoms with Gasteiger partial charge in [-0.05, 0) is 90.4 Å². The van der Waals surface area contributed by atoms with Crippen molar-refractivity contribution in [2.75, 3.05) is 7.11 Å². The van der Waals surface area contributed by atoms with E-state index in [0.29, 0.717) is 5.92 Å². The molecular formula is C25H44O5. The molecule has 2 rings (SSSR count). The van der Waals surface area contributed by atoms with Gasteiger partial charge in [0.05, 0.1) is 18.6 Å². The normalized spacial score (nSPS) is 38.9. The fourth-order valence-corrected chi connectivity index (χ4v) is 5.14. The van der Waals surface area contributed by atoms with Gasteiger partial charge in [0.1, 0.15) is 11.7 Å². The molecule has 0 bridgehead atoms. The Morgan fingerprint density at radius 2 is 1.93 bits per heavy atom. The molecule has 0 aromatic carbocycles. The number of aliphatic hydroxyl groups is 1. The lowest BCUT2D eigenvalue weighted by atomic mass is 9.57. The standard InChI is InChI=1S/C25H44O5/c1-18(12-17-24(5)19(2)11-9-15-25(24,6)27)10-8-14-23(4)16-13-21(29-30-23)20(3)22(26)28-7/h10,19-21,27H,8-9,11-17H2,1-7H3/b18-10+/t19?,20-,21+,23-,24?,25?/m0/s1. The molecule has 1 heterocycles. The number of methoxy groups -OCH3 is 1. The Kier molecular flexibility index (Phi) is 8.57. The molecule has 0 amide bonds. The fraction of sp³-hybridized carbons (Fsp3) is 0.880. The molecular weight excluding hydrogens is 380 g/mol. The van der Waals surface area contributed by atoms with Crippen molar-refractivity contribution in [3.63, 3.8) is 0 Å². The van der Waals surface area contributed by atoms with Crippen molar-refractivity contribution >= 4 is 5.97 Å². The summed E-state index contributed by atoms with van der Waals surface area (Å²) >= 11 is 0. The van der Waals surface area contributed by atoms with E-state index in [-0.39, 0.29) is 29.0 Å². The van der Waals surface area contributed by atoms with E-state index >= 15 is 0 Å². The number of carbonyl (C=O) groups excluding carboxylic acids is 1. The smallest absolute Gasteiger partial charge is 0.311 e. The molecule has 1 saturated carbocycles. The zero-order chi connectivity index (χ0) is 22.6. The van der Waals surface area contributed by atoms with E-state index in [1.807, 2.05) is 13.8 Å². The summed E-state index contributed by atoms with van der Waals surface area (Å²) < 4.78 is 4.80. The van der Waals surface area contributed by atoms with Crippen LogP contribution in [0.25, 0.3) is 0 Å². The first-order valence-electron chi connectivity index (χ1n) is 11.7. The second kappa shape index (κ2) is 10.1. The molecule has 5 nitrogen and oxygen atoms in total. The molecule has 0 spiro atoms. The van der Waals surface area contributed by atoms with Crippen LogP contribution >= 0.6 is 0 Å². The summed E-state index contributed by atoms with van der Waals surface area (Å²) in [5, 5.41) is 11.0. The molecule has 1 aliphatic heterocycles. The highest BCUT2D eigenvalue weighted by Gasteiger charge is 2.48. The Hall–Kier alpha value is -0.910. The average molecular weight is 425 g/mol. The molecule has 2 aliphatic rings. The van der Waals surface area contributed by atoms with Crippen molar-refractivity contribution in [3.8, 4) is 0 Å². The molecule has 1 saturated heterocycles. The summed E-state index contributed by atoms with van der Waals surface area (Å²) in [6.45, 7) is 12.7. The van der Waals surface area contributed by atoms with Crippen LogP contribution in [0.2, 0.25) is 0 Å². The highest BCUT2D eigenvalue weighted by molar-refractivity contribution is 5.72. The van der Waals surface area contributed by atoms with Gasteiger partial charge in [0.25, 0.3) is 0 Å². The first-order valence-corrected chi connectivity index (χ1v) is 11.7. The lowest BCUT2D eigenvalue weighted by Gasteiger charge is -2.51. The Bertz CT molecular complexity index is 603. The summed E-state index contributed by atoms with van der Waals surface area (Å²) in [6.07, 6.45) is 10.8. The van der Waals surface area contributed by atoms with Crippen molar-refractivity contribution in [2.45, 2.75) is 117 Å². The predicted octanol–water partition coefficient (Wildman–Crippen LogP) is 5.75. The van der Waals surface area contributed by atoms with Gasteiger partial charge in [0, 0.05) is 0 Å². The Morgan fingerprint density at radius 3 is 2.50 bits per heavy atom. The van der Waals surface area contributed by atoms with Gasteiger partial charge < -0.3 is 9.84 Å². The Morgan fingerprint density at radius 1 is 1.23 bits per heavy atom. The average Bonchev–Trinajstić information content (AvgIpc) is 2.70. The molecule has 174 valence electrons. The second-order valence-electron chi connectivity index (χ2n) is 10.6. The molecule has 1 N–H and O–H groups in total.